The zero-order valence-corrected chi connectivity index (χ0v) is 11.6. The van der Waals surface area contributed by atoms with E-state index in [-0.39, 0.29) is 11.8 Å². The number of rotatable bonds is 5. The summed E-state index contributed by atoms with van der Waals surface area (Å²) in [5.41, 5.74) is 0.914. The Morgan fingerprint density at radius 2 is 2.11 bits per heavy atom. The highest BCUT2D eigenvalue weighted by molar-refractivity contribution is 5.78. The summed E-state index contributed by atoms with van der Waals surface area (Å²) in [6.07, 6.45) is 5.95. The van der Waals surface area contributed by atoms with Gasteiger partial charge in [-0.05, 0) is 44.4 Å². The molecule has 0 saturated heterocycles. The van der Waals surface area contributed by atoms with Crippen molar-refractivity contribution in [3.63, 3.8) is 0 Å². The van der Waals surface area contributed by atoms with Crippen LogP contribution in [0.25, 0.3) is 0 Å². The lowest BCUT2D eigenvalue weighted by Gasteiger charge is -2.28. The molecule has 0 atom stereocenters. The van der Waals surface area contributed by atoms with Crippen LogP contribution in [0.1, 0.15) is 38.3 Å². The molecule has 2 N–H and O–H groups in total. The van der Waals surface area contributed by atoms with Crippen LogP contribution in [0.15, 0.2) is 24.4 Å². The van der Waals surface area contributed by atoms with Gasteiger partial charge < -0.3 is 10.6 Å². The number of carbonyl (C=O) groups excluding carboxylic acids is 1. The lowest BCUT2D eigenvalue weighted by molar-refractivity contribution is -0.126. The number of aromatic nitrogens is 1. The Hall–Kier alpha value is -1.42. The van der Waals surface area contributed by atoms with Crippen LogP contribution in [0, 0.1) is 5.92 Å². The molecule has 1 aromatic heterocycles. The Morgan fingerprint density at radius 1 is 1.32 bits per heavy atom. The summed E-state index contributed by atoms with van der Waals surface area (Å²) in [7, 11) is 0. The molecule has 1 aliphatic carbocycles. The molecular weight excluding hydrogens is 238 g/mol. The quantitative estimate of drug-likeness (QED) is 0.850. The highest BCUT2D eigenvalue weighted by Gasteiger charge is 2.25. The van der Waals surface area contributed by atoms with Gasteiger partial charge in [0, 0.05) is 18.2 Å². The minimum atomic E-state index is 0.179. The Bertz CT molecular complexity index is 386. The van der Waals surface area contributed by atoms with E-state index in [9.17, 15) is 4.79 Å². The Kier molecular flexibility index (Phi) is 5.33. The number of hydrogen-bond acceptors (Lipinski definition) is 3. The summed E-state index contributed by atoms with van der Waals surface area (Å²) < 4.78 is 0. The van der Waals surface area contributed by atoms with Gasteiger partial charge in [0.15, 0.2) is 0 Å². The fourth-order valence-electron chi connectivity index (χ4n) is 2.67. The van der Waals surface area contributed by atoms with Gasteiger partial charge in [-0.3, -0.25) is 9.78 Å². The number of nitrogens with zero attached hydrogens (tertiary/aromatic N) is 1. The molecule has 1 fully saturated rings. The van der Waals surface area contributed by atoms with Crippen molar-refractivity contribution >= 4 is 5.91 Å². The second-order valence-corrected chi connectivity index (χ2v) is 5.15. The maximum absolute atomic E-state index is 12.1. The largest absolute Gasteiger partial charge is 0.350 e. The number of amides is 1. The smallest absolute Gasteiger partial charge is 0.223 e. The van der Waals surface area contributed by atoms with Crippen LogP contribution in [-0.4, -0.2) is 23.5 Å². The predicted molar refractivity (Wildman–Crippen MR) is 75.5 cm³/mol. The number of pyridine rings is 1. The second kappa shape index (κ2) is 7.24. The first-order valence-electron chi connectivity index (χ1n) is 7.20. The van der Waals surface area contributed by atoms with Crippen molar-refractivity contribution in [2.75, 3.05) is 6.54 Å². The third kappa shape index (κ3) is 4.31. The van der Waals surface area contributed by atoms with E-state index in [2.05, 4.69) is 22.5 Å². The van der Waals surface area contributed by atoms with Gasteiger partial charge in [-0.25, -0.2) is 0 Å². The Balaban J connectivity index is 1.73. The molecule has 2 rings (SSSR count). The van der Waals surface area contributed by atoms with Crippen LogP contribution in [0.5, 0.6) is 0 Å². The molecule has 1 aliphatic rings. The summed E-state index contributed by atoms with van der Waals surface area (Å²) in [6.45, 7) is 3.68. The molecule has 1 saturated carbocycles. The minimum absolute atomic E-state index is 0.179. The summed E-state index contributed by atoms with van der Waals surface area (Å²) in [5.74, 6) is 0.360. The van der Waals surface area contributed by atoms with E-state index in [0.29, 0.717) is 12.6 Å². The van der Waals surface area contributed by atoms with Gasteiger partial charge in [0.25, 0.3) is 0 Å². The van der Waals surface area contributed by atoms with E-state index in [1.807, 2.05) is 18.2 Å². The van der Waals surface area contributed by atoms with Crippen LogP contribution < -0.4 is 10.6 Å². The molecule has 0 aliphatic heterocycles. The number of nitrogens with one attached hydrogen (secondary N) is 2. The van der Waals surface area contributed by atoms with Gasteiger partial charge in [0.05, 0.1) is 12.2 Å². The first-order chi connectivity index (χ1) is 9.29. The van der Waals surface area contributed by atoms with Crippen LogP contribution in [0.2, 0.25) is 0 Å². The fraction of sp³-hybridized carbons (Fsp3) is 0.600. The van der Waals surface area contributed by atoms with E-state index in [1.54, 1.807) is 6.20 Å². The maximum Gasteiger partial charge on any atom is 0.223 e. The van der Waals surface area contributed by atoms with Gasteiger partial charge in [-0.15, -0.1) is 0 Å². The van der Waals surface area contributed by atoms with E-state index in [0.717, 1.165) is 37.9 Å². The molecule has 0 spiro atoms. The minimum Gasteiger partial charge on any atom is -0.350 e. The summed E-state index contributed by atoms with van der Waals surface area (Å²) in [4.78, 5) is 16.3. The van der Waals surface area contributed by atoms with Gasteiger partial charge in [0.2, 0.25) is 5.91 Å². The Labute approximate surface area is 115 Å². The standard InChI is InChI=1S/C15H23N3O/c1-2-16-13-8-6-12(7-9-13)15(19)18-11-14-5-3-4-10-17-14/h3-5,10,12-13,16H,2,6-9,11H2,1H3,(H,18,19). The Morgan fingerprint density at radius 3 is 2.74 bits per heavy atom. The summed E-state index contributed by atoms with van der Waals surface area (Å²) in [6, 6.07) is 6.36. The summed E-state index contributed by atoms with van der Waals surface area (Å²) >= 11 is 0. The van der Waals surface area contributed by atoms with Crippen LogP contribution in [0.4, 0.5) is 0 Å². The third-order valence-corrected chi connectivity index (χ3v) is 3.76. The van der Waals surface area contributed by atoms with Gasteiger partial charge in [0.1, 0.15) is 0 Å². The zero-order valence-electron chi connectivity index (χ0n) is 11.6. The van der Waals surface area contributed by atoms with Crippen molar-refractivity contribution in [1.82, 2.24) is 15.6 Å². The molecule has 0 radical (unpaired) electrons. The topological polar surface area (TPSA) is 54.0 Å². The molecule has 104 valence electrons. The second-order valence-electron chi connectivity index (χ2n) is 5.15. The molecule has 1 heterocycles. The molecule has 1 aromatic rings. The first-order valence-corrected chi connectivity index (χ1v) is 7.20. The van der Waals surface area contributed by atoms with Crippen molar-refractivity contribution in [2.45, 2.75) is 45.2 Å². The maximum atomic E-state index is 12.1. The zero-order chi connectivity index (χ0) is 13.5. The lowest BCUT2D eigenvalue weighted by atomic mass is 9.85. The van der Waals surface area contributed by atoms with Crippen molar-refractivity contribution in [3.05, 3.63) is 30.1 Å². The normalized spacial score (nSPS) is 23.0. The van der Waals surface area contributed by atoms with Crippen LogP contribution >= 0.6 is 0 Å². The fourth-order valence-corrected chi connectivity index (χ4v) is 2.67. The van der Waals surface area contributed by atoms with Crippen LogP contribution in [-0.2, 0) is 11.3 Å². The molecule has 4 nitrogen and oxygen atoms in total. The average molecular weight is 261 g/mol. The van der Waals surface area contributed by atoms with Gasteiger partial charge >= 0.3 is 0 Å². The van der Waals surface area contributed by atoms with E-state index in [4.69, 9.17) is 0 Å². The highest BCUT2D eigenvalue weighted by atomic mass is 16.1. The van der Waals surface area contributed by atoms with Crippen molar-refractivity contribution < 1.29 is 4.79 Å². The van der Waals surface area contributed by atoms with Crippen LogP contribution in [0.3, 0.4) is 0 Å². The molecule has 1 amide bonds. The van der Waals surface area contributed by atoms with Gasteiger partial charge in [-0.1, -0.05) is 13.0 Å². The lowest BCUT2D eigenvalue weighted by Crippen LogP contribution is -2.38. The molecule has 4 heteroatoms. The highest BCUT2D eigenvalue weighted by Crippen LogP contribution is 2.24. The van der Waals surface area contributed by atoms with E-state index < -0.39 is 0 Å². The molecular formula is C15H23N3O. The van der Waals surface area contributed by atoms with E-state index >= 15 is 0 Å². The SMILES string of the molecule is CCNC1CCC(C(=O)NCc2ccccn2)CC1. The average Bonchev–Trinajstić information content (AvgIpc) is 2.47. The molecule has 19 heavy (non-hydrogen) atoms. The number of hydrogen-bond donors (Lipinski definition) is 2. The molecule has 0 bridgehead atoms. The monoisotopic (exact) mass is 261 g/mol. The molecule has 0 unspecified atom stereocenters. The molecule has 0 aromatic carbocycles. The number of carbonyl (C=O) groups is 1. The van der Waals surface area contributed by atoms with Gasteiger partial charge in [-0.2, -0.15) is 0 Å². The van der Waals surface area contributed by atoms with Crippen molar-refractivity contribution in [1.29, 1.82) is 0 Å². The van der Waals surface area contributed by atoms with E-state index in [1.165, 1.54) is 0 Å². The van der Waals surface area contributed by atoms with Crippen molar-refractivity contribution in [2.24, 2.45) is 5.92 Å². The van der Waals surface area contributed by atoms with Crippen molar-refractivity contribution in [3.8, 4) is 0 Å². The third-order valence-electron chi connectivity index (χ3n) is 3.76. The predicted octanol–water partition coefficient (Wildman–Crippen LogP) is 1.87. The first kappa shape index (κ1) is 14.0. The summed E-state index contributed by atoms with van der Waals surface area (Å²) in [5, 5.41) is 6.45.